The second-order valence-corrected chi connectivity index (χ2v) is 3.79. The van der Waals surface area contributed by atoms with Gasteiger partial charge in [0, 0.05) is 6.54 Å². The lowest BCUT2D eigenvalue weighted by atomic mass is 10.2. The molecule has 1 aromatic rings. The summed E-state index contributed by atoms with van der Waals surface area (Å²) in [4.78, 5) is 12.9. The summed E-state index contributed by atoms with van der Waals surface area (Å²) in [6, 6.07) is 4.65. The lowest BCUT2D eigenvalue weighted by molar-refractivity contribution is 0.145. The number of ether oxygens (including phenoxy) is 1. The molecule has 16 heavy (non-hydrogen) atoms. The van der Waals surface area contributed by atoms with Crippen LogP contribution in [0.25, 0.3) is 0 Å². The monoisotopic (exact) mass is 224 g/mol. The molecule has 1 aromatic carbocycles. The van der Waals surface area contributed by atoms with Gasteiger partial charge in [-0.3, -0.25) is 4.90 Å². The Hall–Kier alpha value is -1.62. The zero-order valence-corrected chi connectivity index (χ0v) is 8.94. The standard InChI is InChI=1S/C11H13FN2O2/c1-7-2-3-8(4-10(7)12)14-6-9(5-13)16-11(14)15/h2-4,9H,5-6,13H2,1H3. The molecule has 0 bridgehead atoms. The van der Waals surface area contributed by atoms with Crippen LogP contribution in [0.1, 0.15) is 5.56 Å². The third-order valence-electron chi connectivity index (χ3n) is 2.60. The number of amides is 1. The highest BCUT2D eigenvalue weighted by molar-refractivity contribution is 5.89. The highest BCUT2D eigenvalue weighted by atomic mass is 19.1. The average molecular weight is 224 g/mol. The van der Waals surface area contributed by atoms with Gasteiger partial charge in [0.05, 0.1) is 12.2 Å². The summed E-state index contributed by atoms with van der Waals surface area (Å²) in [5, 5.41) is 0. The van der Waals surface area contributed by atoms with Crippen molar-refractivity contribution in [3.8, 4) is 0 Å². The normalized spacial score (nSPS) is 20.1. The number of nitrogens with zero attached hydrogens (tertiary/aromatic N) is 1. The van der Waals surface area contributed by atoms with Gasteiger partial charge in [0.1, 0.15) is 11.9 Å². The zero-order chi connectivity index (χ0) is 11.7. The first-order valence-electron chi connectivity index (χ1n) is 5.06. The van der Waals surface area contributed by atoms with Gasteiger partial charge in [0.25, 0.3) is 0 Å². The van der Waals surface area contributed by atoms with Crippen molar-refractivity contribution in [2.45, 2.75) is 13.0 Å². The van der Waals surface area contributed by atoms with Crippen LogP contribution in [0.5, 0.6) is 0 Å². The molecule has 1 amide bonds. The van der Waals surface area contributed by atoms with Gasteiger partial charge in [-0.05, 0) is 24.6 Å². The molecule has 4 nitrogen and oxygen atoms in total. The highest BCUT2D eigenvalue weighted by Gasteiger charge is 2.31. The Morgan fingerprint density at radius 1 is 1.62 bits per heavy atom. The van der Waals surface area contributed by atoms with Crippen LogP contribution in [0.3, 0.4) is 0 Å². The van der Waals surface area contributed by atoms with Crippen LogP contribution in [0.4, 0.5) is 14.9 Å². The van der Waals surface area contributed by atoms with Gasteiger partial charge in [0.2, 0.25) is 0 Å². The molecule has 1 fully saturated rings. The molecule has 1 unspecified atom stereocenters. The number of carbonyl (C=O) groups excluding carboxylic acids is 1. The minimum atomic E-state index is -0.473. The summed E-state index contributed by atoms with van der Waals surface area (Å²) in [6.45, 7) is 2.32. The van der Waals surface area contributed by atoms with Crippen molar-refractivity contribution in [1.29, 1.82) is 0 Å². The largest absolute Gasteiger partial charge is 0.443 e. The predicted molar refractivity (Wildman–Crippen MR) is 57.8 cm³/mol. The van der Waals surface area contributed by atoms with Crippen molar-refractivity contribution in [3.63, 3.8) is 0 Å². The van der Waals surface area contributed by atoms with Crippen molar-refractivity contribution in [2.24, 2.45) is 5.73 Å². The van der Waals surface area contributed by atoms with E-state index in [4.69, 9.17) is 10.5 Å². The molecule has 0 saturated carbocycles. The number of benzene rings is 1. The fraction of sp³-hybridized carbons (Fsp3) is 0.364. The molecule has 1 heterocycles. The third-order valence-corrected chi connectivity index (χ3v) is 2.60. The first-order chi connectivity index (χ1) is 7.61. The second kappa shape index (κ2) is 4.09. The Balaban J connectivity index is 2.24. The lowest BCUT2D eigenvalue weighted by Gasteiger charge is -2.13. The lowest BCUT2D eigenvalue weighted by Crippen LogP contribution is -2.27. The molecule has 0 radical (unpaired) electrons. The maximum absolute atomic E-state index is 13.3. The number of carbonyl (C=O) groups is 1. The van der Waals surface area contributed by atoms with Crippen molar-refractivity contribution in [1.82, 2.24) is 0 Å². The van der Waals surface area contributed by atoms with E-state index in [1.807, 2.05) is 0 Å². The van der Waals surface area contributed by atoms with Gasteiger partial charge in [-0.15, -0.1) is 0 Å². The number of anilines is 1. The van der Waals surface area contributed by atoms with Crippen LogP contribution in [0.15, 0.2) is 18.2 Å². The van der Waals surface area contributed by atoms with Gasteiger partial charge in [0.15, 0.2) is 0 Å². The highest BCUT2D eigenvalue weighted by Crippen LogP contribution is 2.23. The fourth-order valence-corrected chi connectivity index (χ4v) is 1.60. The SMILES string of the molecule is Cc1ccc(N2CC(CN)OC2=O)cc1F. The van der Waals surface area contributed by atoms with E-state index in [2.05, 4.69) is 0 Å². The van der Waals surface area contributed by atoms with E-state index in [0.29, 0.717) is 17.8 Å². The van der Waals surface area contributed by atoms with Crippen LogP contribution >= 0.6 is 0 Å². The number of hydrogen-bond donors (Lipinski definition) is 1. The number of aryl methyl sites for hydroxylation is 1. The quantitative estimate of drug-likeness (QED) is 0.826. The summed E-state index contributed by atoms with van der Waals surface area (Å²) in [5.74, 6) is -0.332. The van der Waals surface area contributed by atoms with Gasteiger partial charge in [-0.2, -0.15) is 0 Å². The maximum atomic E-state index is 13.3. The van der Waals surface area contributed by atoms with Crippen LogP contribution in [0.2, 0.25) is 0 Å². The number of cyclic esters (lactones) is 1. The van der Waals surface area contributed by atoms with Gasteiger partial charge >= 0.3 is 6.09 Å². The summed E-state index contributed by atoms with van der Waals surface area (Å²) in [6.07, 6.45) is -0.782. The molecule has 1 aliphatic heterocycles. The van der Waals surface area contributed by atoms with E-state index >= 15 is 0 Å². The number of halogens is 1. The Morgan fingerprint density at radius 3 is 2.94 bits per heavy atom. The minimum absolute atomic E-state index is 0.274. The van der Waals surface area contributed by atoms with E-state index in [0.717, 1.165) is 0 Å². The third kappa shape index (κ3) is 1.86. The number of hydrogen-bond acceptors (Lipinski definition) is 3. The summed E-state index contributed by atoms with van der Waals surface area (Å²) < 4.78 is 18.3. The predicted octanol–water partition coefficient (Wildman–Crippen LogP) is 1.42. The molecule has 5 heteroatoms. The van der Waals surface area contributed by atoms with E-state index in [1.165, 1.54) is 11.0 Å². The zero-order valence-electron chi connectivity index (χ0n) is 8.94. The van der Waals surface area contributed by atoms with E-state index in [1.54, 1.807) is 19.1 Å². The maximum Gasteiger partial charge on any atom is 0.414 e. The van der Waals surface area contributed by atoms with Crippen LogP contribution in [0, 0.1) is 12.7 Å². The molecule has 1 saturated heterocycles. The molecule has 2 rings (SSSR count). The Morgan fingerprint density at radius 2 is 2.38 bits per heavy atom. The van der Waals surface area contributed by atoms with Crippen molar-refractivity contribution >= 4 is 11.8 Å². The van der Waals surface area contributed by atoms with Gasteiger partial charge in [-0.25, -0.2) is 9.18 Å². The van der Waals surface area contributed by atoms with Crippen LogP contribution in [-0.2, 0) is 4.74 Å². The van der Waals surface area contributed by atoms with Crippen molar-refractivity contribution in [3.05, 3.63) is 29.6 Å². The summed E-state index contributed by atoms with van der Waals surface area (Å²) in [7, 11) is 0. The first kappa shape index (κ1) is 10.9. The van der Waals surface area contributed by atoms with Crippen molar-refractivity contribution in [2.75, 3.05) is 18.0 Å². The Labute approximate surface area is 92.8 Å². The molecule has 2 N–H and O–H groups in total. The molecule has 1 atom stereocenters. The summed E-state index contributed by atoms with van der Waals surface area (Å²) >= 11 is 0. The topological polar surface area (TPSA) is 55.6 Å². The van der Waals surface area contributed by atoms with Gasteiger partial charge in [-0.1, -0.05) is 6.07 Å². The smallest absolute Gasteiger partial charge is 0.414 e. The Kier molecular flexibility index (Phi) is 2.78. The van der Waals surface area contributed by atoms with Gasteiger partial charge < -0.3 is 10.5 Å². The first-order valence-corrected chi connectivity index (χ1v) is 5.06. The molecule has 0 aromatic heterocycles. The number of nitrogens with two attached hydrogens (primary N) is 1. The molecule has 86 valence electrons. The fourth-order valence-electron chi connectivity index (χ4n) is 1.60. The molecule has 1 aliphatic rings. The molecular formula is C11H13FN2O2. The minimum Gasteiger partial charge on any atom is -0.443 e. The van der Waals surface area contributed by atoms with E-state index in [9.17, 15) is 9.18 Å². The van der Waals surface area contributed by atoms with E-state index in [-0.39, 0.29) is 18.5 Å². The summed E-state index contributed by atoms with van der Waals surface area (Å²) in [5.41, 5.74) is 6.46. The average Bonchev–Trinajstić information content (AvgIpc) is 2.64. The Bertz CT molecular complexity index is 422. The van der Waals surface area contributed by atoms with Crippen LogP contribution in [-0.4, -0.2) is 25.3 Å². The van der Waals surface area contributed by atoms with Crippen LogP contribution < -0.4 is 10.6 Å². The van der Waals surface area contributed by atoms with E-state index < -0.39 is 6.09 Å². The second-order valence-electron chi connectivity index (χ2n) is 3.79. The molecule has 0 spiro atoms. The van der Waals surface area contributed by atoms with Crippen molar-refractivity contribution < 1.29 is 13.9 Å². The number of rotatable bonds is 2. The molecule has 0 aliphatic carbocycles. The molecular weight excluding hydrogens is 211 g/mol.